The van der Waals surface area contributed by atoms with Crippen molar-refractivity contribution in [1.82, 2.24) is 0 Å². The van der Waals surface area contributed by atoms with Gasteiger partial charge in [0.2, 0.25) is 0 Å². The molecule has 162 valence electrons. The van der Waals surface area contributed by atoms with Crippen LogP contribution in [0.1, 0.15) is 20.8 Å². The largest absolute Gasteiger partial charge is 0.508 e. The van der Waals surface area contributed by atoms with Gasteiger partial charge in [0.15, 0.2) is 8.32 Å². The third-order valence-corrected chi connectivity index (χ3v) is 8.19. The molecule has 0 aromatic heterocycles. The molecule has 4 nitrogen and oxygen atoms in total. The molecule has 0 radical (unpaired) electrons. The molecule has 3 rings (SSSR count). The van der Waals surface area contributed by atoms with Crippen LogP contribution in [0.5, 0.6) is 17.2 Å². The van der Waals surface area contributed by atoms with E-state index in [2.05, 4.69) is 20.8 Å². The Morgan fingerprint density at radius 3 is 0.767 bits per heavy atom. The third kappa shape index (κ3) is 16.9. The normalized spacial score (nSPS) is 9.20. The molecule has 0 fully saturated rings. The van der Waals surface area contributed by atoms with Crippen LogP contribution in [0.15, 0.2) is 91.0 Å². The van der Waals surface area contributed by atoms with Crippen LogP contribution in [-0.2, 0) is 21.7 Å². The van der Waals surface area contributed by atoms with Crippen molar-refractivity contribution in [2.75, 3.05) is 0 Å². The summed E-state index contributed by atoms with van der Waals surface area (Å²) in [5, 5.41) is 25.9. The fourth-order valence-corrected chi connectivity index (χ4v) is 3.53. The molecule has 0 amide bonds. The van der Waals surface area contributed by atoms with E-state index in [9.17, 15) is 4.80 Å². The van der Waals surface area contributed by atoms with Crippen LogP contribution < -0.4 is 0 Å². The van der Waals surface area contributed by atoms with Gasteiger partial charge in [-0.1, -0.05) is 75.4 Å². The maximum atomic E-state index is 9.58. The van der Waals surface area contributed by atoms with E-state index < -0.39 is 8.32 Å². The first-order chi connectivity index (χ1) is 13.9. The first-order valence-corrected chi connectivity index (χ1v) is 12.4. The van der Waals surface area contributed by atoms with Crippen LogP contribution in [-0.4, -0.2) is 28.4 Å². The van der Waals surface area contributed by atoms with Crippen LogP contribution in [0.25, 0.3) is 0 Å². The predicted molar refractivity (Wildman–Crippen MR) is 124 cm³/mol. The zero-order valence-corrected chi connectivity index (χ0v) is 20.6. The van der Waals surface area contributed by atoms with Gasteiger partial charge < -0.3 is 20.1 Å². The average molecular weight is 462 g/mol. The molecule has 0 saturated heterocycles. The van der Waals surface area contributed by atoms with Crippen molar-refractivity contribution >= 4 is 8.32 Å². The maximum Gasteiger partial charge on any atom is 0.187 e. The quantitative estimate of drug-likeness (QED) is 0.352. The van der Waals surface area contributed by atoms with E-state index in [0.717, 1.165) is 18.1 Å². The van der Waals surface area contributed by atoms with Crippen molar-refractivity contribution in [3.05, 3.63) is 91.0 Å². The topological polar surface area (TPSA) is 80.9 Å². The molecule has 0 unspecified atom stereocenters. The van der Waals surface area contributed by atoms with Crippen molar-refractivity contribution in [1.29, 1.82) is 0 Å². The zero-order valence-electron chi connectivity index (χ0n) is 18.1. The van der Waals surface area contributed by atoms with Crippen molar-refractivity contribution in [2.24, 2.45) is 0 Å². The third-order valence-electron chi connectivity index (χ3n) is 4.24. The van der Waals surface area contributed by atoms with Crippen LogP contribution in [0, 0.1) is 0 Å². The molecule has 0 saturated carbocycles. The van der Waals surface area contributed by atoms with E-state index in [0.29, 0.717) is 17.2 Å². The number of rotatable bonds is 3. The minimum absolute atomic E-state index is 0. The first kappa shape index (κ1) is 30.1. The van der Waals surface area contributed by atoms with Crippen molar-refractivity contribution < 1.29 is 41.8 Å². The van der Waals surface area contributed by atoms with E-state index in [4.69, 9.17) is 15.3 Å². The summed E-state index contributed by atoms with van der Waals surface area (Å²) in [7, 11) is -1.67. The van der Waals surface area contributed by atoms with Crippen molar-refractivity contribution in [3.8, 4) is 17.2 Å². The SMILES string of the molecule is CC[Si](O)(CC)CC.Oc1ccccc1.Oc1ccccc1.Oc1ccccc1.[Ti]. The number of aromatic hydroxyl groups is 3. The summed E-state index contributed by atoms with van der Waals surface area (Å²) in [6.45, 7) is 6.25. The van der Waals surface area contributed by atoms with Gasteiger partial charge in [-0.3, -0.25) is 0 Å². The maximum absolute atomic E-state index is 9.58. The van der Waals surface area contributed by atoms with Gasteiger partial charge in [-0.2, -0.15) is 0 Å². The molecule has 3 aromatic carbocycles. The average Bonchev–Trinajstić information content (AvgIpc) is 2.76. The molecule has 6 heteroatoms. The minimum atomic E-state index is -1.67. The van der Waals surface area contributed by atoms with Crippen LogP contribution >= 0.6 is 0 Å². The second-order valence-corrected chi connectivity index (χ2v) is 10.9. The summed E-state index contributed by atoms with van der Waals surface area (Å²) in [4.78, 5) is 9.58. The second kappa shape index (κ2) is 18.9. The Labute approximate surface area is 196 Å². The Hall–Kier alpha value is -2.05. The van der Waals surface area contributed by atoms with Crippen molar-refractivity contribution in [2.45, 2.75) is 38.9 Å². The van der Waals surface area contributed by atoms with Crippen LogP contribution in [0.2, 0.25) is 18.1 Å². The Kier molecular flexibility index (Phi) is 19.0. The molecule has 0 aliphatic rings. The van der Waals surface area contributed by atoms with E-state index in [-0.39, 0.29) is 21.7 Å². The van der Waals surface area contributed by atoms with Gasteiger partial charge in [0.05, 0.1) is 0 Å². The van der Waals surface area contributed by atoms with Gasteiger partial charge in [0.25, 0.3) is 0 Å². The predicted octanol–water partition coefficient (Wildman–Crippen LogP) is 6.16. The molecule has 0 atom stereocenters. The summed E-state index contributed by atoms with van der Waals surface area (Å²) >= 11 is 0. The summed E-state index contributed by atoms with van der Waals surface area (Å²) in [5.74, 6) is 0.965. The summed E-state index contributed by atoms with van der Waals surface area (Å²) in [6, 6.07) is 29.2. The Morgan fingerprint density at radius 1 is 0.500 bits per heavy atom. The standard InChI is InChI=1S/C6H16OSi.3C6H6O.Ti/c1-4-8(7,5-2)6-3;3*7-6-4-2-1-3-5-6;/h7H,4-6H2,1-3H3;3*1-5,7H;. The Bertz CT molecular complexity index is 627. The van der Waals surface area contributed by atoms with Gasteiger partial charge in [-0.15, -0.1) is 0 Å². The monoisotopic (exact) mass is 462 g/mol. The molecule has 30 heavy (non-hydrogen) atoms. The number of para-hydroxylation sites is 3. The number of phenolic OH excluding ortho intramolecular Hbond substituents is 3. The van der Waals surface area contributed by atoms with Crippen LogP contribution in [0.3, 0.4) is 0 Å². The van der Waals surface area contributed by atoms with E-state index in [1.807, 2.05) is 18.2 Å². The summed E-state index contributed by atoms with van der Waals surface area (Å²) in [6.07, 6.45) is 0. The fourth-order valence-electron chi connectivity index (χ4n) is 2.03. The smallest absolute Gasteiger partial charge is 0.187 e. The molecule has 0 heterocycles. The molecule has 0 bridgehead atoms. The van der Waals surface area contributed by atoms with Crippen molar-refractivity contribution in [3.63, 3.8) is 0 Å². The minimum Gasteiger partial charge on any atom is -0.508 e. The van der Waals surface area contributed by atoms with E-state index in [1.54, 1.807) is 72.8 Å². The molecule has 0 aliphatic heterocycles. The molecule has 3 aromatic rings. The summed E-state index contributed by atoms with van der Waals surface area (Å²) < 4.78 is 0. The van der Waals surface area contributed by atoms with E-state index >= 15 is 0 Å². The van der Waals surface area contributed by atoms with Gasteiger partial charge in [-0.25, -0.2) is 0 Å². The molecule has 0 aliphatic carbocycles. The van der Waals surface area contributed by atoms with Gasteiger partial charge in [0, 0.05) is 21.7 Å². The first-order valence-electron chi connectivity index (χ1n) is 9.81. The number of phenols is 3. The fraction of sp³-hybridized carbons (Fsp3) is 0.250. The molecule has 0 spiro atoms. The number of benzene rings is 3. The summed E-state index contributed by atoms with van der Waals surface area (Å²) in [5.41, 5.74) is 0. The van der Waals surface area contributed by atoms with Gasteiger partial charge in [0.1, 0.15) is 17.2 Å². The van der Waals surface area contributed by atoms with Gasteiger partial charge in [-0.05, 0) is 54.5 Å². The second-order valence-electron chi connectivity index (χ2n) is 6.29. The Morgan fingerprint density at radius 2 is 0.700 bits per heavy atom. The van der Waals surface area contributed by atoms with Gasteiger partial charge >= 0.3 is 0 Å². The molecular weight excluding hydrogens is 428 g/mol. The number of hydrogen-bond donors (Lipinski definition) is 4. The Balaban J connectivity index is 0. The molecule has 4 N–H and O–H groups in total. The van der Waals surface area contributed by atoms with E-state index in [1.165, 1.54) is 0 Å². The number of hydrogen-bond acceptors (Lipinski definition) is 4. The zero-order chi connectivity index (χ0) is 22.0. The van der Waals surface area contributed by atoms with Crippen LogP contribution in [0.4, 0.5) is 0 Å². The molecular formula is C24H34O4SiTi.